The van der Waals surface area contributed by atoms with E-state index >= 15 is 0 Å². The third-order valence-electron chi connectivity index (χ3n) is 3.05. The number of aromatic nitrogens is 4. The summed E-state index contributed by atoms with van der Waals surface area (Å²) >= 11 is 0. The number of nitrogens with one attached hydrogen (secondary N) is 1. The van der Waals surface area contributed by atoms with Crippen LogP contribution in [0.15, 0.2) is 18.5 Å². The highest BCUT2D eigenvalue weighted by molar-refractivity contribution is 5.32. The summed E-state index contributed by atoms with van der Waals surface area (Å²) in [4.78, 5) is 0. The fraction of sp³-hybridized carbons (Fsp3) is 0.462. The number of hydrogen-bond donors (Lipinski definition) is 1. The van der Waals surface area contributed by atoms with Gasteiger partial charge in [-0.3, -0.25) is 4.68 Å². The first kappa shape index (κ1) is 12.7. The summed E-state index contributed by atoms with van der Waals surface area (Å²) in [6, 6.07) is 2.19. The topological polar surface area (TPSA) is 55.6 Å². The second kappa shape index (κ2) is 5.27. The van der Waals surface area contributed by atoms with E-state index in [0.29, 0.717) is 0 Å². The van der Waals surface area contributed by atoms with Crippen LogP contribution < -0.4 is 5.32 Å². The van der Waals surface area contributed by atoms with Crippen molar-refractivity contribution < 1.29 is 0 Å². The molecule has 0 aliphatic rings. The Labute approximate surface area is 107 Å². The van der Waals surface area contributed by atoms with Crippen LogP contribution in [0, 0.1) is 13.8 Å². The molecule has 2 rings (SSSR count). The quantitative estimate of drug-likeness (QED) is 0.889. The van der Waals surface area contributed by atoms with Crippen molar-refractivity contribution in [1.29, 1.82) is 0 Å². The molecule has 0 aliphatic carbocycles. The van der Waals surface area contributed by atoms with Gasteiger partial charge in [-0.2, -0.15) is 15.3 Å². The summed E-state index contributed by atoms with van der Waals surface area (Å²) in [6.45, 7) is 6.89. The Balaban J connectivity index is 2.41. The van der Waals surface area contributed by atoms with E-state index in [0.717, 1.165) is 29.1 Å². The maximum atomic E-state index is 4.32. The number of nitrogens with zero attached hydrogens (tertiary/aromatic N) is 4. The van der Waals surface area contributed by atoms with Gasteiger partial charge in [0, 0.05) is 18.3 Å². The SMILES string of the molecule is CCn1cc(C(NC)c2cc(C)nnc2C)cn1. The molecule has 18 heavy (non-hydrogen) atoms. The molecule has 2 aromatic heterocycles. The van der Waals surface area contributed by atoms with E-state index in [-0.39, 0.29) is 6.04 Å². The van der Waals surface area contributed by atoms with Crippen LogP contribution in [0.5, 0.6) is 0 Å². The third kappa shape index (κ3) is 2.41. The lowest BCUT2D eigenvalue weighted by Crippen LogP contribution is -2.19. The summed E-state index contributed by atoms with van der Waals surface area (Å²) in [7, 11) is 1.95. The fourth-order valence-corrected chi connectivity index (χ4v) is 2.07. The molecule has 0 amide bonds. The lowest BCUT2D eigenvalue weighted by molar-refractivity contribution is 0.650. The van der Waals surface area contributed by atoms with E-state index in [1.165, 1.54) is 0 Å². The molecule has 2 heterocycles. The minimum atomic E-state index is 0.111. The van der Waals surface area contributed by atoms with Gasteiger partial charge in [0.1, 0.15) is 0 Å². The van der Waals surface area contributed by atoms with Crippen molar-refractivity contribution in [2.75, 3.05) is 7.05 Å². The zero-order valence-corrected chi connectivity index (χ0v) is 11.3. The van der Waals surface area contributed by atoms with Gasteiger partial charge in [-0.05, 0) is 39.4 Å². The first-order valence-electron chi connectivity index (χ1n) is 6.16. The largest absolute Gasteiger partial charge is 0.309 e. The predicted octanol–water partition coefficient (Wildman–Crippen LogP) is 1.62. The predicted molar refractivity (Wildman–Crippen MR) is 70.3 cm³/mol. The molecule has 0 spiro atoms. The molecule has 0 bridgehead atoms. The molecule has 1 atom stereocenters. The van der Waals surface area contributed by atoms with Crippen molar-refractivity contribution in [3.05, 3.63) is 41.0 Å². The number of aryl methyl sites for hydroxylation is 3. The van der Waals surface area contributed by atoms with E-state index in [9.17, 15) is 0 Å². The zero-order valence-electron chi connectivity index (χ0n) is 11.3. The number of hydrogen-bond acceptors (Lipinski definition) is 4. The molecular weight excluding hydrogens is 226 g/mol. The Morgan fingerprint density at radius 3 is 2.72 bits per heavy atom. The van der Waals surface area contributed by atoms with Crippen LogP contribution >= 0.6 is 0 Å². The van der Waals surface area contributed by atoms with Gasteiger partial charge in [0.2, 0.25) is 0 Å². The highest BCUT2D eigenvalue weighted by atomic mass is 15.3. The van der Waals surface area contributed by atoms with Crippen molar-refractivity contribution in [2.45, 2.75) is 33.4 Å². The maximum Gasteiger partial charge on any atom is 0.0651 e. The molecule has 1 unspecified atom stereocenters. The molecular formula is C13H19N5. The average molecular weight is 245 g/mol. The summed E-state index contributed by atoms with van der Waals surface area (Å²) in [5, 5.41) is 15.9. The van der Waals surface area contributed by atoms with Gasteiger partial charge >= 0.3 is 0 Å². The summed E-state index contributed by atoms with van der Waals surface area (Å²) in [5.41, 5.74) is 4.18. The van der Waals surface area contributed by atoms with E-state index in [4.69, 9.17) is 0 Å². The summed E-state index contributed by atoms with van der Waals surface area (Å²) < 4.78 is 1.93. The minimum absolute atomic E-state index is 0.111. The van der Waals surface area contributed by atoms with Crippen LogP contribution in [0.4, 0.5) is 0 Å². The summed E-state index contributed by atoms with van der Waals surface area (Å²) in [6.07, 6.45) is 3.97. The monoisotopic (exact) mass is 245 g/mol. The van der Waals surface area contributed by atoms with Crippen molar-refractivity contribution in [2.24, 2.45) is 0 Å². The Morgan fingerprint density at radius 2 is 2.11 bits per heavy atom. The van der Waals surface area contributed by atoms with Gasteiger partial charge < -0.3 is 5.32 Å². The maximum absolute atomic E-state index is 4.32. The molecule has 5 heteroatoms. The second-order valence-electron chi connectivity index (χ2n) is 4.38. The average Bonchev–Trinajstić information content (AvgIpc) is 2.83. The molecule has 2 aromatic rings. The highest BCUT2D eigenvalue weighted by Gasteiger charge is 2.17. The molecule has 96 valence electrons. The van der Waals surface area contributed by atoms with Gasteiger partial charge in [-0.15, -0.1) is 0 Å². The van der Waals surface area contributed by atoms with Gasteiger partial charge in [0.05, 0.1) is 23.6 Å². The van der Waals surface area contributed by atoms with Crippen molar-refractivity contribution >= 4 is 0 Å². The molecule has 5 nitrogen and oxygen atoms in total. The van der Waals surface area contributed by atoms with Crippen LogP contribution in [-0.4, -0.2) is 27.0 Å². The van der Waals surface area contributed by atoms with Crippen LogP contribution in [0.25, 0.3) is 0 Å². The summed E-state index contributed by atoms with van der Waals surface area (Å²) in [5.74, 6) is 0. The Hall–Kier alpha value is -1.75. The van der Waals surface area contributed by atoms with E-state index in [1.807, 2.05) is 31.8 Å². The second-order valence-corrected chi connectivity index (χ2v) is 4.38. The zero-order chi connectivity index (χ0) is 13.1. The molecule has 0 saturated heterocycles. The Morgan fingerprint density at radius 1 is 1.33 bits per heavy atom. The molecule has 0 aromatic carbocycles. The van der Waals surface area contributed by atoms with Crippen molar-refractivity contribution in [1.82, 2.24) is 25.3 Å². The van der Waals surface area contributed by atoms with Gasteiger partial charge in [0.25, 0.3) is 0 Å². The lowest BCUT2D eigenvalue weighted by atomic mass is 10.0. The molecule has 0 radical (unpaired) electrons. The van der Waals surface area contributed by atoms with Crippen LogP contribution in [0.1, 0.15) is 35.5 Å². The fourth-order valence-electron chi connectivity index (χ4n) is 2.07. The van der Waals surface area contributed by atoms with Crippen molar-refractivity contribution in [3.8, 4) is 0 Å². The van der Waals surface area contributed by atoms with Gasteiger partial charge in [-0.1, -0.05) is 0 Å². The Kier molecular flexibility index (Phi) is 3.72. The van der Waals surface area contributed by atoms with Gasteiger partial charge in [-0.25, -0.2) is 0 Å². The van der Waals surface area contributed by atoms with E-state index in [1.54, 1.807) is 0 Å². The molecule has 0 saturated carbocycles. The highest BCUT2D eigenvalue weighted by Crippen LogP contribution is 2.23. The smallest absolute Gasteiger partial charge is 0.0651 e. The molecule has 1 N–H and O–H groups in total. The third-order valence-corrected chi connectivity index (χ3v) is 3.05. The van der Waals surface area contributed by atoms with Crippen LogP contribution in [0.3, 0.4) is 0 Å². The Bertz CT molecular complexity index is 532. The van der Waals surface area contributed by atoms with E-state index in [2.05, 4.69) is 39.8 Å². The minimum Gasteiger partial charge on any atom is -0.309 e. The van der Waals surface area contributed by atoms with Crippen LogP contribution in [0.2, 0.25) is 0 Å². The number of rotatable bonds is 4. The van der Waals surface area contributed by atoms with Crippen LogP contribution in [-0.2, 0) is 6.54 Å². The van der Waals surface area contributed by atoms with Gasteiger partial charge in [0.15, 0.2) is 0 Å². The van der Waals surface area contributed by atoms with Crippen molar-refractivity contribution in [3.63, 3.8) is 0 Å². The normalized spacial score (nSPS) is 12.7. The first-order chi connectivity index (χ1) is 8.65. The molecule has 0 fully saturated rings. The molecule has 0 aliphatic heterocycles. The lowest BCUT2D eigenvalue weighted by Gasteiger charge is -2.16. The van der Waals surface area contributed by atoms with E-state index < -0.39 is 0 Å². The first-order valence-corrected chi connectivity index (χ1v) is 6.16. The standard InChI is InChI=1S/C13H19N5/c1-5-18-8-11(7-15-18)13(14-4)12-6-9(2)16-17-10(12)3/h6-8,13-14H,5H2,1-4H3.